The SMILES string of the molecule is CCCNC(=O)NC(C)CCN(C)C. The fourth-order valence-electron chi connectivity index (χ4n) is 1.04. The molecule has 4 nitrogen and oxygen atoms in total. The Bertz CT molecular complexity index is 159. The van der Waals surface area contributed by atoms with Gasteiger partial charge in [-0.3, -0.25) is 0 Å². The van der Waals surface area contributed by atoms with E-state index in [1.54, 1.807) is 0 Å². The normalized spacial score (nSPS) is 12.6. The highest BCUT2D eigenvalue weighted by Crippen LogP contribution is 1.91. The summed E-state index contributed by atoms with van der Waals surface area (Å²) in [4.78, 5) is 13.3. The third kappa shape index (κ3) is 7.86. The van der Waals surface area contributed by atoms with Crippen molar-refractivity contribution >= 4 is 6.03 Å². The summed E-state index contributed by atoms with van der Waals surface area (Å²) in [6.07, 6.45) is 1.95. The van der Waals surface area contributed by atoms with Gasteiger partial charge in [-0.05, 0) is 40.4 Å². The minimum absolute atomic E-state index is 0.0573. The number of nitrogens with zero attached hydrogens (tertiary/aromatic N) is 1. The van der Waals surface area contributed by atoms with Crippen LogP contribution in [0.2, 0.25) is 0 Å². The first kappa shape index (κ1) is 13.2. The van der Waals surface area contributed by atoms with Crippen LogP contribution < -0.4 is 10.6 Å². The van der Waals surface area contributed by atoms with E-state index in [4.69, 9.17) is 0 Å². The number of urea groups is 1. The number of carbonyl (C=O) groups is 1. The van der Waals surface area contributed by atoms with Crippen molar-refractivity contribution < 1.29 is 4.79 Å². The molecule has 0 aliphatic heterocycles. The lowest BCUT2D eigenvalue weighted by atomic mass is 10.2. The zero-order valence-electron chi connectivity index (χ0n) is 9.76. The van der Waals surface area contributed by atoms with E-state index in [1.807, 2.05) is 27.9 Å². The van der Waals surface area contributed by atoms with Crippen molar-refractivity contribution in [2.75, 3.05) is 27.2 Å². The molecule has 2 N–H and O–H groups in total. The third-order valence-corrected chi connectivity index (χ3v) is 1.92. The van der Waals surface area contributed by atoms with Crippen molar-refractivity contribution in [2.45, 2.75) is 32.7 Å². The van der Waals surface area contributed by atoms with Crippen LogP contribution in [-0.2, 0) is 0 Å². The van der Waals surface area contributed by atoms with Gasteiger partial charge in [0.2, 0.25) is 0 Å². The van der Waals surface area contributed by atoms with Gasteiger partial charge >= 0.3 is 6.03 Å². The van der Waals surface area contributed by atoms with Gasteiger partial charge in [0.05, 0.1) is 0 Å². The average molecular weight is 201 g/mol. The van der Waals surface area contributed by atoms with Crippen molar-refractivity contribution in [3.63, 3.8) is 0 Å². The van der Waals surface area contributed by atoms with Crippen molar-refractivity contribution in [3.05, 3.63) is 0 Å². The zero-order valence-corrected chi connectivity index (χ0v) is 9.76. The van der Waals surface area contributed by atoms with Crippen molar-refractivity contribution in [1.29, 1.82) is 0 Å². The number of amides is 2. The van der Waals surface area contributed by atoms with E-state index >= 15 is 0 Å². The lowest BCUT2D eigenvalue weighted by Gasteiger charge is -2.16. The van der Waals surface area contributed by atoms with E-state index in [9.17, 15) is 4.79 Å². The Kier molecular flexibility index (Phi) is 7.20. The molecule has 0 radical (unpaired) electrons. The van der Waals surface area contributed by atoms with Gasteiger partial charge in [0.15, 0.2) is 0 Å². The molecule has 0 saturated carbocycles. The van der Waals surface area contributed by atoms with Crippen LogP contribution in [-0.4, -0.2) is 44.2 Å². The second-order valence-corrected chi connectivity index (χ2v) is 3.89. The maximum Gasteiger partial charge on any atom is 0.314 e. The van der Waals surface area contributed by atoms with Gasteiger partial charge in [0.25, 0.3) is 0 Å². The third-order valence-electron chi connectivity index (χ3n) is 1.92. The molecule has 0 aliphatic carbocycles. The summed E-state index contributed by atoms with van der Waals surface area (Å²) in [5, 5.41) is 5.68. The number of carbonyl (C=O) groups excluding carboxylic acids is 1. The summed E-state index contributed by atoms with van der Waals surface area (Å²) in [7, 11) is 4.06. The summed E-state index contributed by atoms with van der Waals surface area (Å²) in [5.41, 5.74) is 0. The van der Waals surface area contributed by atoms with E-state index in [1.165, 1.54) is 0 Å². The standard InChI is InChI=1S/C10H23N3O/c1-5-7-11-10(14)12-9(2)6-8-13(3)4/h9H,5-8H2,1-4H3,(H2,11,12,14). The molecule has 0 fully saturated rings. The monoisotopic (exact) mass is 201 g/mol. The quantitative estimate of drug-likeness (QED) is 0.674. The predicted octanol–water partition coefficient (Wildman–Crippen LogP) is 1.04. The summed E-state index contributed by atoms with van der Waals surface area (Å²) in [6, 6.07) is 0.173. The molecule has 0 aliphatic rings. The topological polar surface area (TPSA) is 44.4 Å². The molecule has 4 heteroatoms. The summed E-state index contributed by atoms with van der Waals surface area (Å²) in [6.45, 7) is 5.80. The summed E-state index contributed by atoms with van der Waals surface area (Å²) >= 11 is 0. The van der Waals surface area contributed by atoms with Gasteiger partial charge in [0, 0.05) is 12.6 Å². The molecular formula is C10H23N3O. The summed E-state index contributed by atoms with van der Waals surface area (Å²) in [5.74, 6) is 0. The molecule has 0 spiro atoms. The number of nitrogens with one attached hydrogen (secondary N) is 2. The average Bonchev–Trinajstić information content (AvgIpc) is 2.11. The molecule has 0 aromatic heterocycles. The first-order valence-corrected chi connectivity index (χ1v) is 5.25. The molecule has 0 aromatic rings. The van der Waals surface area contributed by atoms with Crippen LogP contribution in [0, 0.1) is 0 Å². The molecule has 0 aromatic carbocycles. The van der Waals surface area contributed by atoms with Gasteiger partial charge in [-0.1, -0.05) is 6.92 Å². The predicted molar refractivity (Wildman–Crippen MR) is 59.5 cm³/mol. The summed E-state index contributed by atoms with van der Waals surface area (Å²) < 4.78 is 0. The molecule has 0 rings (SSSR count). The molecule has 1 unspecified atom stereocenters. The molecule has 0 saturated heterocycles. The van der Waals surface area contributed by atoms with Gasteiger partial charge in [-0.25, -0.2) is 4.79 Å². The first-order valence-electron chi connectivity index (χ1n) is 5.25. The number of rotatable bonds is 6. The van der Waals surface area contributed by atoms with E-state index in [2.05, 4.69) is 15.5 Å². The van der Waals surface area contributed by atoms with Crippen LogP contribution in [0.3, 0.4) is 0 Å². The van der Waals surface area contributed by atoms with Gasteiger partial charge < -0.3 is 15.5 Å². The Morgan fingerprint density at radius 3 is 2.57 bits per heavy atom. The van der Waals surface area contributed by atoms with E-state index in [-0.39, 0.29) is 12.1 Å². The molecule has 84 valence electrons. The molecule has 1 atom stereocenters. The molecule has 0 bridgehead atoms. The lowest BCUT2D eigenvalue weighted by Crippen LogP contribution is -2.41. The zero-order chi connectivity index (χ0) is 11.0. The van der Waals surface area contributed by atoms with Crippen LogP contribution in [0.15, 0.2) is 0 Å². The van der Waals surface area contributed by atoms with Crippen LogP contribution in [0.25, 0.3) is 0 Å². The smallest absolute Gasteiger partial charge is 0.314 e. The fourth-order valence-corrected chi connectivity index (χ4v) is 1.04. The molecule has 14 heavy (non-hydrogen) atoms. The maximum absolute atomic E-state index is 11.2. The van der Waals surface area contributed by atoms with Gasteiger partial charge in [0.1, 0.15) is 0 Å². The van der Waals surface area contributed by atoms with Crippen LogP contribution in [0.4, 0.5) is 4.79 Å². The van der Waals surface area contributed by atoms with E-state index in [0.717, 1.165) is 25.9 Å². The van der Waals surface area contributed by atoms with Gasteiger partial charge in [-0.2, -0.15) is 0 Å². The highest BCUT2D eigenvalue weighted by molar-refractivity contribution is 5.74. The minimum atomic E-state index is -0.0573. The highest BCUT2D eigenvalue weighted by Gasteiger charge is 2.05. The highest BCUT2D eigenvalue weighted by atomic mass is 16.2. The first-order chi connectivity index (χ1) is 6.56. The molecule has 0 heterocycles. The Morgan fingerprint density at radius 2 is 2.07 bits per heavy atom. The van der Waals surface area contributed by atoms with Crippen molar-refractivity contribution in [1.82, 2.24) is 15.5 Å². The fraction of sp³-hybridized carbons (Fsp3) is 0.900. The maximum atomic E-state index is 11.2. The largest absolute Gasteiger partial charge is 0.338 e. The second kappa shape index (κ2) is 7.62. The van der Waals surface area contributed by atoms with E-state index < -0.39 is 0 Å². The number of hydrogen-bond acceptors (Lipinski definition) is 2. The van der Waals surface area contributed by atoms with Crippen LogP contribution in [0.5, 0.6) is 0 Å². The lowest BCUT2D eigenvalue weighted by molar-refractivity contribution is 0.236. The molecule has 2 amide bonds. The van der Waals surface area contributed by atoms with Gasteiger partial charge in [-0.15, -0.1) is 0 Å². The Labute approximate surface area is 87.0 Å². The Hall–Kier alpha value is -0.770. The van der Waals surface area contributed by atoms with Crippen molar-refractivity contribution in [2.24, 2.45) is 0 Å². The Balaban J connectivity index is 3.50. The Morgan fingerprint density at radius 1 is 1.43 bits per heavy atom. The van der Waals surface area contributed by atoms with Crippen LogP contribution in [0.1, 0.15) is 26.7 Å². The molecular weight excluding hydrogens is 178 g/mol. The van der Waals surface area contributed by atoms with Crippen molar-refractivity contribution in [3.8, 4) is 0 Å². The second-order valence-electron chi connectivity index (χ2n) is 3.89. The number of hydrogen-bond donors (Lipinski definition) is 2. The van der Waals surface area contributed by atoms with Crippen LogP contribution >= 0.6 is 0 Å². The minimum Gasteiger partial charge on any atom is -0.338 e. The van der Waals surface area contributed by atoms with E-state index in [0.29, 0.717) is 0 Å².